The summed E-state index contributed by atoms with van der Waals surface area (Å²) in [6.07, 6.45) is 8.17. The highest BCUT2D eigenvalue weighted by Crippen LogP contribution is 2.25. The minimum Gasteiger partial charge on any atom is -0.326 e. The molecule has 1 atom stereocenters. The largest absolute Gasteiger partial charge is 0.326 e. The second-order valence-corrected chi connectivity index (χ2v) is 6.11. The maximum atomic E-state index is 6.40. The molecule has 3 nitrogen and oxygen atoms in total. The van der Waals surface area contributed by atoms with Crippen LogP contribution in [0.4, 0.5) is 0 Å². The molecule has 0 aliphatic heterocycles. The van der Waals surface area contributed by atoms with Gasteiger partial charge in [-0.15, -0.1) is 0 Å². The SMILES string of the molecule is CCN(CCCN(C)C)CC(N)C1CCCCC1. The lowest BCUT2D eigenvalue weighted by molar-refractivity contribution is 0.206. The van der Waals surface area contributed by atoms with Crippen molar-refractivity contribution in [2.24, 2.45) is 11.7 Å². The van der Waals surface area contributed by atoms with Gasteiger partial charge in [-0.05, 0) is 58.9 Å². The summed E-state index contributed by atoms with van der Waals surface area (Å²) in [5.74, 6) is 0.779. The van der Waals surface area contributed by atoms with E-state index in [0.717, 1.165) is 19.0 Å². The van der Waals surface area contributed by atoms with Gasteiger partial charge in [-0.3, -0.25) is 0 Å². The van der Waals surface area contributed by atoms with Crippen LogP contribution >= 0.6 is 0 Å². The van der Waals surface area contributed by atoms with Crippen LogP contribution in [0, 0.1) is 5.92 Å². The number of nitrogens with two attached hydrogens (primary N) is 1. The highest BCUT2D eigenvalue weighted by molar-refractivity contribution is 4.79. The number of hydrogen-bond donors (Lipinski definition) is 1. The molecule has 0 radical (unpaired) electrons. The fraction of sp³-hybridized carbons (Fsp3) is 1.00. The molecule has 0 aromatic carbocycles. The van der Waals surface area contributed by atoms with Crippen molar-refractivity contribution in [3.05, 3.63) is 0 Å². The molecule has 0 aromatic rings. The van der Waals surface area contributed by atoms with E-state index in [4.69, 9.17) is 5.73 Å². The van der Waals surface area contributed by atoms with Crippen LogP contribution < -0.4 is 5.73 Å². The number of nitrogens with zero attached hydrogens (tertiary/aromatic N) is 2. The third-order valence-electron chi connectivity index (χ3n) is 4.25. The third kappa shape index (κ3) is 6.17. The molecule has 3 heteroatoms. The van der Waals surface area contributed by atoms with Crippen molar-refractivity contribution in [2.45, 2.75) is 51.5 Å². The maximum absolute atomic E-state index is 6.40. The Labute approximate surface area is 114 Å². The van der Waals surface area contributed by atoms with Gasteiger partial charge in [0.2, 0.25) is 0 Å². The molecular weight excluding hydrogens is 222 g/mol. The van der Waals surface area contributed by atoms with E-state index in [2.05, 4.69) is 30.8 Å². The molecule has 18 heavy (non-hydrogen) atoms. The van der Waals surface area contributed by atoms with E-state index in [9.17, 15) is 0 Å². The van der Waals surface area contributed by atoms with Gasteiger partial charge < -0.3 is 15.5 Å². The molecule has 1 fully saturated rings. The lowest BCUT2D eigenvalue weighted by atomic mass is 9.84. The van der Waals surface area contributed by atoms with Crippen molar-refractivity contribution in [3.63, 3.8) is 0 Å². The normalized spacial score (nSPS) is 19.7. The minimum absolute atomic E-state index is 0.393. The zero-order valence-electron chi connectivity index (χ0n) is 12.7. The average Bonchev–Trinajstić information content (AvgIpc) is 2.38. The van der Waals surface area contributed by atoms with Crippen LogP contribution in [0.2, 0.25) is 0 Å². The van der Waals surface area contributed by atoms with E-state index in [1.807, 2.05) is 0 Å². The first-order chi connectivity index (χ1) is 8.63. The number of likely N-dealkylation sites (N-methyl/N-ethyl adjacent to an activating group) is 1. The molecule has 1 unspecified atom stereocenters. The monoisotopic (exact) mass is 255 g/mol. The van der Waals surface area contributed by atoms with E-state index < -0.39 is 0 Å². The standard InChI is InChI=1S/C15H33N3/c1-4-18(12-8-11-17(2)3)13-15(16)14-9-6-5-7-10-14/h14-15H,4-13,16H2,1-3H3. The molecule has 1 rings (SSSR count). The van der Waals surface area contributed by atoms with Crippen LogP contribution in [0.25, 0.3) is 0 Å². The van der Waals surface area contributed by atoms with Crippen LogP contribution in [0.5, 0.6) is 0 Å². The predicted octanol–water partition coefficient (Wildman–Crippen LogP) is 2.17. The molecule has 0 bridgehead atoms. The first kappa shape index (κ1) is 15.9. The van der Waals surface area contributed by atoms with Crippen molar-refractivity contribution in [1.29, 1.82) is 0 Å². The van der Waals surface area contributed by atoms with Gasteiger partial charge in [0.25, 0.3) is 0 Å². The molecule has 0 spiro atoms. The van der Waals surface area contributed by atoms with Gasteiger partial charge >= 0.3 is 0 Å². The van der Waals surface area contributed by atoms with Crippen molar-refractivity contribution in [2.75, 3.05) is 40.3 Å². The third-order valence-corrected chi connectivity index (χ3v) is 4.25. The molecule has 1 aliphatic rings. The lowest BCUT2D eigenvalue weighted by Crippen LogP contribution is -2.43. The Morgan fingerprint density at radius 3 is 2.33 bits per heavy atom. The molecule has 108 valence electrons. The molecule has 0 heterocycles. The topological polar surface area (TPSA) is 32.5 Å². The molecule has 0 aromatic heterocycles. The van der Waals surface area contributed by atoms with E-state index in [-0.39, 0.29) is 0 Å². The Hall–Kier alpha value is -0.120. The molecule has 1 saturated carbocycles. The van der Waals surface area contributed by atoms with E-state index >= 15 is 0 Å². The highest BCUT2D eigenvalue weighted by Gasteiger charge is 2.21. The van der Waals surface area contributed by atoms with Crippen LogP contribution in [0.3, 0.4) is 0 Å². The summed E-state index contributed by atoms with van der Waals surface area (Å²) in [6.45, 7) is 6.84. The zero-order chi connectivity index (χ0) is 13.4. The molecular formula is C15H33N3. The van der Waals surface area contributed by atoms with Gasteiger partial charge in [0, 0.05) is 12.6 Å². The van der Waals surface area contributed by atoms with Crippen molar-refractivity contribution in [1.82, 2.24) is 9.80 Å². The van der Waals surface area contributed by atoms with Crippen LogP contribution in [-0.2, 0) is 0 Å². The fourth-order valence-corrected chi connectivity index (χ4v) is 3.00. The van der Waals surface area contributed by atoms with Crippen LogP contribution in [-0.4, -0.2) is 56.1 Å². The number of hydrogen-bond acceptors (Lipinski definition) is 3. The van der Waals surface area contributed by atoms with Crippen molar-refractivity contribution in [3.8, 4) is 0 Å². The maximum Gasteiger partial charge on any atom is 0.0196 e. The summed E-state index contributed by atoms with van der Waals surface area (Å²) in [6, 6.07) is 0.393. The van der Waals surface area contributed by atoms with Gasteiger partial charge in [0.1, 0.15) is 0 Å². The summed E-state index contributed by atoms with van der Waals surface area (Å²) in [4.78, 5) is 4.79. The van der Waals surface area contributed by atoms with E-state index in [0.29, 0.717) is 6.04 Å². The minimum atomic E-state index is 0.393. The summed E-state index contributed by atoms with van der Waals surface area (Å²) < 4.78 is 0. The van der Waals surface area contributed by atoms with Crippen LogP contribution in [0.15, 0.2) is 0 Å². The fourth-order valence-electron chi connectivity index (χ4n) is 3.00. The Balaban J connectivity index is 2.23. The first-order valence-corrected chi connectivity index (χ1v) is 7.76. The molecule has 0 saturated heterocycles. The molecule has 1 aliphatic carbocycles. The van der Waals surface area contributed by atoms with Crippen molar-refractivity contribution >= 4 is 0 Å². The molecule has 0 amide bonds. The Kier molecular flexibility index (Phi) is 7.87. The lowest BCUT2D eigenvalue weighted by Gasteiger charge is -2.32. The zero-order valence-corrected chi connectivity index (χ0v) is 12.7. The average molecular weight is 255 g/mol. The quantitative estimate of drug-likeness (QED) is 0.721. The summed E-state index contributed by atoms with van der Waals surface area (Å²) in [7, 11) is 4.29. The van der Waals surface area contributed by atoms with Gasteiger partial charge in [0.15, 0.2) is 0 Å². The van der Waals surface area contributed by atoms with Crippen LogP contribution in [0.1, 0.15) is 45.4 Å². The van der Waals surface area contributed by atoms with E-state index in [1.54, 1.807) is 0 Å². The molecule has 2 N–H and O–H groups in total. The highest BCUT2D eigenvalue weighted by atomic mass is 15.1. The second-order valence-electron chi connectivity index (χ2n) is 6.11. The number of rotatable bonds is 8. The second kappa shape index (κ2) is 8.89. The van der Waals surface area contributed by atoms with Gasteiger partial charge in [-0.1, -0.05) is 26.2 Å². The summed E-state index contributed by atoms with van der Waals surface area (Å²) >= 11 is 0. The van der Waals surface area contributed by atoms with Gasteiger partial charge in [0.05, 0.1) is 0 Å². The van der Waals surface area contributed by atoms with E-state index in [1.165, 1.54) is 51.6 Å². The first-order valence-electron chi connectivity index (χ1n) is 7.76. The van der Waals surface area contributed by atoms with Gasteiger partial charge in [-0.25, -0.2) is 0 Å². The Morgan fingerprint density at radius 2 is 1.78 bits per heavy atom. The Morgan fingerprint density at radius 1 is 1.11 bits per heavy atom. The Bertz CT molecular complexity index is 200. The van der Waals surface area contributed by atoms with Crippen molar-refractivity contribution < 1.29 is 0 Å². The smallest absolute Gasteiger partial charge is 0.0196 e. The summed E-state index contributed by atoms with van der Waals surface area (Å²) in [5, 5.41) is 0. The summed E-state index contributed by atoms with van der Waals surface area (Å²) in [5.41, 5.74) is 6.40. The predicted molar refractivity (Wildman–Crippen MR) is 79.8 cm³/mol. The van der Waals surface area contributed by atoms with Gasteiger partial charge in [-0.2, -0.15) is 0 Å².